The van der Waals surface area contributed by atoms with Crippen LogP contribution in [0.5, 0.6) is 0 Å². The molecule has 6 heteroatoms. The van der Waals surface area contributed by atoms with Gasteiger partial charge in [-0.25, -0.2) is 15.2 Å². The number of aromatic nitrogens is 1. The predicted molar refractivity (Wildman–Crippen MR) is 84.9 cm³/mol. The standard InChI is InChI=1S/C15H18BN3O2/c1-15(2,3)21-14(20)18-19(4)13-8-6-10-5-7-11(16)9-12(10)17-13/h5-9H,1-4H3,(H,18,20). The molecule has 1 heterocycles. The van der Waals surface area contributed by atoms with Gasteiger partial charge in [-0.05, 0) is 39.0 Å². The Kier molecular flexibility index (Phi) is 4.07. The zero-order valence-corrected chi connectivity index (χ0v) is 12.7. The lowest BCUT2D eigenvalue weighted by molar-refractivity contribution is 0.0524. The molecule has 0 fully saturated rings. The van der Waals surface area contributed by atoms with E-state index in [9.17, 15) is 4.79 Å². The van der Waals surface area contributed by atoms with E-state index in [2.05, 4.69) is 10.4 Å². The van der Waals surface area contributed by atoms with Gasteiger partial charge in [0, 0.05) is 12.4 Å². The van der Waals surface area contributed by atoms with Crippen LogP contribution < -0.4 is 15.9 Å². The minimum Gasteiger partial charge on any atom is -0.443 e. The Morgan fingerprint density at radius 1 is 1.29 bits per heavy atom. The van der Waals surface area contributed by atoms with Crippen LogP contribution in [0.25, 0.3) is 10.9 Å². The highest BCUT2D eigenvalue weighted by Gasteiger charge is 2.17. The van der Waals surface area contributed by atoms with Crippen LogP contribution in [0, 0.1) is 0 Å². The minimum absolute atomic E-state index is 0.528. The molecule has 0 atom stereocenters. The van der Waals surface area contributed by atoms with Crippen LogP contribution in [-0.2, 0) is 4.74 Å². The molecule has 0 aliphatic carbocycles. The summed E-state index contributed by atoms with van der Waals surface area (Å²) in [4.78, 5) is 16.2. The van der Waals surface area contributed by atoms with Crippen molar-refractivity contribution in [3.63, 3.8) is 0 Å². The number of carbonyl (C=O) groups excluding carboxylic acids is 1. The summed E-state index contributed by atoms with van der Waals surface area (Å²) in [6, 6.07) is 9.26. The Hall–Kier alpha value is -2.24. The number of rotatable bonds is 2. The fourth-order valence-electron chi connectivity index (χ4n) is 1.81. The second-order valence-corrected chi connectivity index (χ2v) is 5.79. The van der Waals surface area contributed by atoms with Gasteiger partial charge in [0.05, 0.1) is 5.52 Å². The molecule has 2 aromatic rings. The van der Waals surface area contributed by atoms with Gasteiger partial charge in [-0.2, -0.15) is 0 Å². The maximum atomic E-state index is 11.7. The number of benzene rings is 1. The van der Waals surface area contributed by atoms with Gasteiger partial charge in [0.1, 0.15) is 19.3 Å². The Morgan fingerprint density at radius 3 is 2.62 bits per heavy atom. The molecule has 2 rings (SSSR count). The van der Waals surface area contributed by atoms with Gasteiger partial charge in [-0.15, -0.1) is 0 Å². The monoisotopic (exact) mass is 283 g/mol. The second kappa shape index (κ2) is 5.64. The number of carbonyl (C=O) groups is 1. The predicted octanol–water partition coefficient (Wildman–Crippen LogP) is 1.90. The summed E-state index contributed by atoms with van der Waals surface area (Å²) in [6.07, 6.45) is -0.528. The first-order chi connectivity index (χ1) is 9.74. The molecule has 1 aromatic carbocycles. The van der Waals surface area contributed by atoms with E-state index >= 15 is 0 Å². The molecular weight excluding hydrogens is 265 g/mol. The molecule has 21 heavy (non-hydrogen) atoms. The number of ether oxygens (including phenoxy) is 1. The van der Waals surface area contributed by atoms with Crippen LogP contribution in [0.2, 0.25) is 0 Å². The van der Waals surface area contributed by atoms with Crippen LogP contribution >= 0.6 is 0 Å². The topological polar surface area (TPSA) is 54.5 Å². The van der Waals surface area contributed by atoms with Crippen LogP contribution in [0.15, 0.2) is 30.3 Å². The summed E-state index contributed by atoms with van der Waals surface area (Å²) in [5, 5.41) is 2.50. The second-order valence-electron chi connectivity index (χ2n) is 5.79. The van der Waals surface area contributed by atoms with Gasteiger partial charge < -0.3 is 4.74 Å². The van der Waals surface area contributed by atoms with Gasteiger partial charge in [0.25, 0.3) is 0 Å². The van der Waals surface area contributed by atoms with Gasteiger partial charge in [0.2, 0.25) is 0 Å². The fraction of sp³-hybridized carbons (Fsp3) is 0.333. The smallest absolute Gasteiger partial charge is 0.426 e. The number of fused-ring (bicyclic) bond motifs is 1. The molecule has 0 bridgehead atoms. The summed E-state index contributed by atoms with van der Waals surface area (Å²) in [5.41, 5.74) is 3.48. The number of amides is 1. The van der Waals surface area contributed by atoms with E-state index in [1.165, 1.54) is 5.01 Å². The lowest BCUT2D eigenvalue weighted by atomic mass is 9.95. The third kappa shape index (κ3) is 4.11. The fourth-order valence-corrected chi connectivity index (χ4v) is 1.81. The molecule has 0 saturated heterocycles. The quantitative estimate of drug-likeness (QED) is 0.675. The maximum Gasteiger partial charge on any atom is 0.426 e. The van der Waals surface area contributed by atoms with Crippen molar-refractivity contribution in [2.24, 2.45) is 0 Å². The van der Waals surface area contributed by atoms with Gasteiger partial charge in [-0.3, -0.25) is 5.01 Å². The van der Waals surface area contributed by atoms with E-state index in [1.807, 2.05) is 45.0 Å². The zero-order chi connectivity index (χ0) is 15.6. The number of hydrazine groups is 1. The first kappa shape index (κ1) is 15.2. The average Bonchev–Trinajstić information content (AvgIpc) is 2.35. The van der Waals surface area contributed by atoms with Crippen LogP contribution in [0.3, 0.4) is 0 Å². The molecule has 5 nitrogen and oxygen atoms in total. The molecule has 0 unspecified atom stereocenters. The summed E-state index contributed by atoms with van der Waals surface area (Å²) < 4.78 is 5.20. The number of nitrogens with zero attached hydrogens (tertiary/aromatic N) is 2. The highest BCUT2D eigenvalue weighted by atomic mass is 16.6. The third-order valence-electron chi connectivity index (χ3n) is 2.70. The largest absolute Gasteiger partial charge is 0.443 e. The summed E-state index contributed by atoms with van der Waals surface area (Å²) in [7, 11) is 7.46. The van der Waals surface area contributed by atoms with E-state index in [0.29, 0.717) is 11.3 Å². The first-order valence-corrected chi connectivity index (χ1v) is 6.64. The molecular formula is C15H18BN3O2. The van der Waals surface area contributed by atoms with Crippen molar-refractivity contribution in [3.05, 3.63) is 30.3 Å². The Balaban J connectivity index is 2.15. The highest BCUT2D eigenvalue weighted by molar-refractivity contribution is 6.33. The molecule has 1 aromatic heterocycles. The van der Waals surface area contributed by atoms with Gasteiger partial charge >= 0.3 is 6.09 Å². The Labute approximate surface area is 125 Å². The molecule has 2 radical (unpaired) electrons. The number of hydrogen-bond acceptors (Lipinski definition) is 4. The number of anilines is 1. The number of nitrogens with one attached hydrogen (secondary N) is 1. The molecule has 1 N–H and O–H groups in total. The van der Waals surface area contributed by atoms with E-state index in [4.69, 9.17) is 12.6 Å². The normalized spacial score (nSPS) is 11.2. The lowest BCUT2D eigenvalue weighted by Gasteiger charge is -2.24. The van der Waals surface area contributed by atoms with Crippen molar-refractivity contribution >= 4 is 36.1 Å². The molecule has 108 valence electrons. The van der Waals surface area contributed by atoms with Crippen molar-refractivity contribution in [2.75, 3.05) is 12.1 Å². The Bertz CT molecular complexity index is 668. The molecule has 0 saturated carbocycles. The molecule has 0 aliphatic heterocycles. The number of pyridine rings is 1. The third-order valence-corrected chi connectivity index (χ3v) is 2.70. The average molecular weight is 283 g/mol. The van der Waals surface area contributed by atoms with Crippen LogP contribution in [0.4, 0.5) is 10.6 Å². The molecule has 0 spiro atoms. The molecule has 1 amide bonds. The van der Waals surface area contributed by atoms with Crippen molar-refractivity contribution in [2.45, 2.75) is 26.4 Å². The van der Waals surface area contributed by atoms with E-state index < -0.39 is 11.7 Å². The summed E-state index contributed by atoms with van der Waals surface area (Å²) in [6.45, 7) is 5.43. The zero-order valence-electron chi connectivity index (χ0n) is 12.7. The highest BCUT2D eigenvalue weighted by Crippen LogP contribution is 2.15. The van der Waals surface area contributed by atoms with E-state index in [-0.39, 0.29) is 0 Å². The minimum atomic E-state index is -0.545. The van der Waals surface area contributed by atoms with E-state index in [1.54, 1.807) is 13.1 Å². The summed E-state index contributed by atoms with van der Waals surface area (Å²) in [5.74, 6) is 0.596. The van der Waals surface area contributed by atoms with Crippen LogP contribution in [0.1, 0.15) is 20.8 Å². The van der Waals surface area contributed by atoms with Crippen molar-refractivity contribution in [3.8, 4) is 0 Å². The van der Waals surface area contributed by atoms with Crippen molar-refractivity contribution in [1.82, 2.24) is 10.4 Å². The van der Waals surface area contributed by atoms with Crippen molar-refractivity contribution in [1.29, 1.82) is 0 Å². The van der Waals surface area contributed by atoms with Crippen molar-refractivity contribution < 1.29 is 9.53 Å². The molecule has 0 aliphatic rings. The lowest BCUT2D eigenvalue weighted by Crippen LogP contribution is -2.43. The maximum absolute atomic E-state index is 11.7. The van der Waals surface area contributed by atoms with Crippen LogP contribution in [-0.4, -0.2) is 31.6 Å². The number of hydrogen-bond donors (Lipinski definition) is 1. The van der Waals surface area contributed by atoms with Gasteiger partial charge in [0.15, 0.2) is 0 Å². The first-order valence-electron chi connectivity index (χ1n) is 6.64. The van der Waals surface area contributed by atoms with Gasteiger partial charge in [-0.1, -0.05) is 17.6 Å². The Morgan fingerprint density at radius 2 is 1.95 bits per heavy atom. The SMILES string of the molecule is [B]c1ccc2ccc(N(C)NC(=O)OC(C)(C)C)nc2c1. The van der Waals surface area contributed by atoms with E-state index in [0.717, 1.165) is 10.9 Å². The summed E-state index contributed by atoms with van der Waals surface area (Å²) >= 11 is 0.